The van der Waals surface area contributed by atoms with E-state index in [4.69, 9.17) is 16.0 Å². The number of fused-ring (bicyclic) bond motifs is 1. The fourth-order valence-corrected chi connectivity index (χ4v) is 2.60. The molecule has 0 spiro atoms. The van der Waals surface area contributed by atoms with Gasteiger partial charge in [0.15, 0.2) is 5.58 Å². The Labute approximate surface area is 114 Å². The topological polar surface area (TPSA) is 25.2 Å². The lowest BCUT2D eigenvalue weighted by Crippen LogP contribution is -2.18. The Morgan fingerprint density at radius 1 is 1.41 bits per heavy atom. The van der Waals surface area contributed by atoms with Crippen LogP contribution in [0.25, 0.3) is 11.0 Å². The monoisotopic (exact) mass is 315 g/mol. The van der Waals surface area contributed by atoms with Crippen LogP contribution in [0.5, 0.6) is 0 Å². The third-order valence-electron chi connectivity index (χ3n) is 2.54. The molecule has 0 aliphatic rings. The molecule has 0 fully saturated rings. The highest BCUT2D eigenvalue weighted by Crippen LogP contribution is 2.31. The predicted molar refractivity (Wildman–Crippen MR) is 75.5 cm³/mol. The first-order valence-electron chi connectivity index (χ1n) is 5.63. The maximum Gasteiger partial charge on any atom is 0.152 e. The van der Waals surface area contributed by atoms with Crippen LogP contribution in [0.15, 0.2) is 27.3 Å². The third kappa shape index (κ3) is 3.03. The summed E-state index contributed by atoms with van der Waals surface area (Å²) in [4.78, 5) is 0. The zero-order valence-electron chi connectivity index (χ0n) is 9.89. The molecule has 0 bridgehead atoms. The van der Waals surface area contributed by atoms with Gasteiger partial charge in [0.2, 0.25) is 0 Å². The Kier molecular flexibility index (Phi) is 4.13. The van der Waals surface area contributed by atoms with Crippen LogP contribution in [0.1, 0.15) is 19.4 Å². The second kappa shape index (κ2) is 5.42. The number of hydrogen-bond acceptors (Lipinski definition) is 2. The molecule has 1 aromatic heterocycles. The molecule has 4 heteroatoms. The van der Waals surface area contributed by atoms with Crippen LogP contribution in [-0.2, 0) is 6.54 Å². The van der Waals surface area contributed by atoms with Gasteiger partial charge in [0.05, 0.1) is 11.3 Å². The Hall–Kier alpha value is -0.510. The first kappa shape index (κ1) is 12.9. The summed E-state index contributed by atoms with van der Waals surface area (Å²) in [5.74, 6) is 0.642. The number of benzene rings is 1. The second-order valence-corrected chi connectivity index (χ2v) is 5.87. The molecule has 1 aromatic carbocycles. The first-order valence-corrected chi connectivity index (χ1v) is 6.81. The average Bonchev–Trinajstić information content (AvgIpc) is 2.61. The molecule has 2 nitrogen and oxygen atoms in total. The molecule has 0 unspecified atom stereocenters. The smallest absolute Gasteiger partial charge is 0.152 e. The summed E-state index contributed by atoms with van der Waals surface area (Å²) >= 11 is 9.56. The zero-order chi connectivity index (χ0) is 12.4. The summed E-state index contributed by atoms with van der Waals surface area (Å²) in [5.41, 5.74) is 1.90. The van der Waals surface area contributed by atoms with Crippen molar-refractivity contribution in [1.29, 1.82) is 0 Å². The Balaban J connectivity index is 2.23. The molecule has 92 valence electrons. The Bertz CT molecular complexity index is 521. The summed E-state index contributed by atoms with van der Waals surface area (Å²) in [7, 11) is 0. The van der Waals surface area contributed by atoms with E-state index in [9.17, 15) is 0 Å². The lowest BCUT2D eigenvalue weighted by atomic mass is 10.1. The van der Waals surface area contributed by atoms with Crippen molar-refractivity contribution in [1.82, 2.24) is 5.32 Å². The minimum atomic E-state index is 0.642. The van der Waals surface area contributed by atoms with E-state index < -0.39 is 0 Å². The molecule has 2 rings (SSSR count). The van der Waals surface area contributed by atoms with Gasteiger partial charge in [-0.05, 0) is 24.6 Å². The van der Waals surface area contributed by atoms with E-state index in [-0.39, 0.29) is 0 Å². The largest absolute Gasteiger partial charge is 0.462 e. The van der Waals surface area contributed by atoms with Crippen molar-refractivity contribution >= 4 is 38.5 Å². The number of halogens is 2. The van der Waals surface area contributed by atoms with Gasteiger partial charge < -0.3 is 9.73 Å². The highest BCUT2D eigenvalue weighted by Gasteiger charge is 2.10. The van der Waals surface area contributed by atoms with Gasteiger partial charge in [0, 0.05) is 22.0 Å². The normalized spacial score (nSPS) is 11.6. The molecule has 0 aliphatic heterocycles. The van der Waals surface area contributed by atoms with Gasteiger partial charge in [-0.25, -0.2) is 0 Å². The van der Waals surface area contributed by atoms with Crippen LogP contribution in [0, 0.1) is 5.92 Å². The minimum Gasteiger partial charge on any atom is -0.462 e. The molecule has 0 aliphatic carbocycles. The molecule has 0 atom stereocenters. The molecule has 0 radical (unpaired) electrons. The Morgan fingerprint density at radius 2 is 2.18 bits per heavy atom. The van der Waals surface area contributed by atoms with E-state index in [2.05, 4.69) is 35.1 Å². The van der Waals surface area contributed by atoms with E-state index in [1.807, 2.05) is 12.1 Å². The summed E-state index contributed by atoms with van der Waals surface area (Å²) in [6.07, 6.45) is 1.77. The van der Waals surface area contributed by atoms with Gasteiger partial charge >= 0.3 is 0 Å². The number of furan rings is 1. The van der Waals surface area contributed by atoms with Crippen LogP contribution in [-0.4, -0.2) is 6.54 Å². The van der Waals surface area contributed by atoms with Gasteiger partial charge in [0.1, 0.15) is 0 Å². The van der Waals surface area contributed by atoms with E-state index >= 15 is 0 Å². The van der Waals surface area contributed by atoms with Gasteiger partial charge in [-0.3, -0.25) is 0 Å². The fraction of sp³-hybridized carbons (Fsp3) is 0.385. The van der Waals surface area contributed by atoms with Crippen LogP contribution in [0.2, 0.25) is 5.02 Å². The average molecular weight is 317 g/mol. The summed E-state index contributed by atoms with van der Waals surface area (Å²) in [5, 5.41) is 5.11. The van der Waals surface area contributed by atoms with Gasteiger partial charge in [-0.2, -0.15) is 0 Å². The first-order chi connectivity index (χ1) is 8.08. The molecule has 0 saturated heterocycles. The predicted octanol–water partition coefficient (Wildman–Crippen LogP) is 4.59. The van der Waals surface area contributed by atoms with Gasteiger partial charge in [0.25, 0.3) is 0 Å². The van der Waals surface area contributed by atoms with Gasteiger partial charge in [-0.1, -0.05) is 41.4 Å². The van der Waals surface area contributed by atoms with E-state index in [1.54, 1.807) is 6.26 Å². The van der Waals surface area contributed by atoms with E-state index in [1.165, 1.54) is 0 Å². The summed E-state index contributed by atoms with van der Waals surface area (Å²) < 4.78 is 6.47. The molecule has 1 heterocycles. The number of nitrogens with one attached hydrogen (secondary N) is 1. The van der Waals surface area contributed by atoms with Crippen molar-refractivity contribution in [2.24, 2.45) is 5.92 Å². The minimum absolute atomic E-state index is 0.642. The molecule has 0 amide bonds. The second-order valence-electron chi connectivity index (χ2n) is 4.55. The van der Waals surface area contributed by atoms with E-state index in [0.29, 0.717) is 10.9 Å². The van der Waals surface area contributed by atoms with Crippen LogP contribution in [0.3, 0.4) is 0 Å². The van der Waals surface area contributed by atoms with Crippen molar-refractivity contribution < 1.29 is 4.42 Å². The lowest BCUT2D eigenvalue weighted by molar-refractivity contribution is 0.547. The molecular formula is C13H15BrClNO. The van der Waals surface area contributed by atoms with Crippen LogP contribution < -0.4 is 5.32 Å². The van der Waals surface area contributed by atoms with Crippen LogP contribution >= 0.6 is 27.5 Å². The Morgan fingerprint density at radius 3 is 2.88 bits per heavy atom. The van der Waals surface area contributed by atoms with Crippen molar-refractivity contribution in [2.75, 3.05) is 6.54 Å². The molecule has 17 heavy (non-hydrogen) atoms. The molecule has 1 N–H and O–H groups in total. The SMILES string of the molecule is CC(C)CNCc1coc2c(Cl)cc(Br)cc12. The molecule has 2 aromatic rings. The van der Waals surface area contributed by atoms with Crippen molar-refractivity contribution in [3.63, 3.8) is 0 Å². The van der Waals surface area contributed by atoms with Gasteiger partial charge in [-0.15, -0.1) is 0 Å². The van der Waals surface area contributed by atoms with Crippen molar-refractivity contribution in [3.8, 4) is 0 Å². The van der Waals surface area contributed by atoms with Crippen LogP contribution in [0.4, 0.5) is 0 Å². The summed E-state index contributed by atoms with van der Waals surface area (Å²) in [6, 6.07) is 3.88. The maximum absolute atomic E-state index is 6.12. The molecule has 0 saturated carbocycles. The zero-order valence-corrected chi connectivity index (χ0v) is 12.2. The number of rotatable bonds is 4. The van der Waals surface area contributed by atoms with Crippen molar-refractivity contribution in [2.45, 2.75) is 20.4 Å². The number of hydrogen-bond donors (Lipinski definition) is 1. The van der Waals surface area contributed by atoms with E-state index in [0.717, 1.165) is 34.1 Å². The highest BCUT2D eigenvalue weighted by atomic mass is 79.9. The maximum atomic E-state index is 6.12. The van der Waals surface area contributed by atoms with Crippen molar-refractivity contribution in [3.05, 3.63) is 33.5 Å². The summed E-state index contributed by atoms with van der Waals surface area (Å²) in [6.45, 7) is 6.17. The highest BCUT2D eigenvalue weighted by molar-refractivity contribution is 9.10. The lowest BCUT2D eigenvalue weighted by Gasteiger charge is -2.06. The fourth-order valence-electron chi connectivity index (χ4n) is 1.74. The quantitative estimate of drug-likeness (QED) is 0.892. The standard InChI is InChI=1S/C13H15BrClNO/c1-8(2)5-16-6-9-7-17-13-11(9)3-10(14)4-12(13)15/h3-4,7-8,16H,5-6H2,1-2H3. The molecular weight excluding hydrogens is 302 g/mol. The third-order valence-corrected chi connectivity index (χ3v) is 3.28.